The second-order valence-electron chi connectivity index (χ2n) is 3.29. The number of terminal acetylenes is 1. The summed E-state index contributed by atoms with van der Waals surface area (Å²) in [4.78, 5) is 4.14. The number of pyridine rings is 1. The van der Waals surface area contributed by atoms with Crippen molar-refractivity contribution < 1.29 is 0 Å². The van der Waals surface area contributed by atoms with Gasteiger partial charge in [-0.1, -0.05) is 12.0 Å². The molecule has 0 aliphatic heterocycles. The van der Waals surface area contributed by atoms with Crippen molar-refractivity contribution in [2.45, 2.75) is 0 Å². The van der Waals surface area contributed by atoms with Gasteiger partial charge in [0.1, 0.15) is 0 Å². The Morgan fingerprint density at radius 3 is 2.88 bits per heavy atom. The lowest BCUT2D eigenvalue weighted by Gasteiger charge is -2.07. The lowest BCUT2D eigenvalue weighted by Crippen LogP contribution is -1.98. The van der Waals surface area contributed by atoms with Crippen LogP contribution >= 0.6 is 0 Å². The fraction of sp³-hybridized carbons (Fsp3) is 0. The van der Waals surface area contributed by atoms with E-state index in [-0.39, 0.29) is 0 Å². The number of nitrogens with two attached hydrogens (primary N) is 1. The van der Waals surface area contributed by atoms with Gasteiger partial charge in [0.25, 0.3) is 0 Å². The molecule has 0 fully saturated rings. The summed E-state index contributed by atoms with van der Waals surface area (Å²) in [7, 11) is 0. The maximum atomic E-state index is 5.77. The molecule has 16 heavy (non-hydrogen) atoms. The highest BCUT2D eigenvalue weighted by Crippen LogP contribution is 2.20. The number of aromatic nitrogens is 1. The van der Waals surface area contributed by atoms with Gasteiger partial charge in [-0.25, -0.2) is 4.98 Å². The molecule has 0 bridgehead atoms. The van der Waals surface area contributed by atoms with Gasteiger partial charge in [-0.15, -0.1) is 6.42 Å². The maximum absolute atomic E-state index is 5.77. The van der Waals surface area contributed by atoms with Crippen LogP contribution in [0.2, 0.25) is 0 Å². The van der Waals surface area contributed by atoms with Crippen LogP contribution in [0.4, 0.5) is 17.2 Å². The molecule has 0 radical (unpaired) electrons. The fourth-order valence-corrected chi connectivity index (χ4v) is 1.35. The molecule has 2 aromatic rings. The van der Waals surface area contributed by atoms with Gasteiger partial charge in [0.2, 0.25) is 0 Å². The number of rotatable bonds is 2. The first-order valence-corrected chi connectivity index (χ1v) is 4.84. The Kier molecular flexibility index (Phi) is 2.75. The summed E-state index contributed by atoms with van der Waals surface area (Å²) in [5, 5.41) is 3.12. The van der Waals surface area contributed by atoms with Gasteiger partial charge in [-0.05, 0) is 30.3 Å². The molecule has 0 saturated heterocycles. The molecule has 0 atom stereocenters. The Morgan fingerprint density at radius 2 is 2.12 bits per heavy atom. The number of nitrogen functional groups attached to an aromatic ring is 1. The smallest absolute Gasteiger partial charge is 0.153 e. The molecule has 1 heterocycles. The topological polar surface area (TPSA) is 50.9 Å². The molecule has 2 rings (SSSR count). The van der Waals surface area contributed by atoms with Crippen LogP contribution in [-0.2, 0) is 0 Å². The minimum atomic E-state index is 0.605. The van der Waals surface area contributed by atoms with Crippen molar-refractivity contribution in [1.82, 2.24) is 4.98 Å². The third-order valence-electron chi connectivity index (χ3n) is 2.13. The summed E-state index contributed by atoms with van der Waals surface area (Å²) < 4.78 is 0. The number of benzene rings is 1. The van der Waals surface area contributed by atoms with E-state index < -0.39 is 0 Å². The van der Waals surface area contributed by atoms with E-state index in [9.17, 15) is 0 Å². The standard InChI is InChI=1S/C13H11N3/c1-2-10-5-3-6-11(9-10)16-13-12(14)7-4-8-15-13/h1,3-9H,14H2,(H,15,16). The van der Waals surface area contributed by atoms with E-state index in [1.54, 1.807) is 18.3 Å². The predicted octanol–water partition coefficient (Wildman–Crippen LogP) is 2.39. The maximum Gasteiger partial charge on any atom is 0.153 e. The molecule has 3 N–H and O–H groups in total. The highest BCUT2D eigenvalue weighted by molar-refractivity contribution is 5.68. The first-order valence-electron chi connectivity index (χ1n) is 4.84. The highest BCUT2D eigenvalue weighted by Gasteiger charge is 1.99. The van der Waals surface area contributed by atoms with Gasteiger partial charge in [0, 0.05) is 17.4 Å². The SMILES string of the molecule is C#Cc1cccc(Nc2ncccc2N)c1. The Labute approximate surface area is 94.3 Å². The monoisotopic (exact) mass is 209 g/mol. The highest BCUT2D eigenvalue weighted by atomic mass is 15.0. The average molecular weight is 209 g/mol. The van der Waals surface area contributed by atoms with Gasteiger partial charge in [-0.3, -0.25) is 0 Å². The molecule has 0 amide bonds. The van der Waals surface area contributed by atoms with Crippen LogP contribution in [0.1, 0.15) is 5.56 Å². The number of nitrogens with zero attached hydrogens (tertiary/aromatic N) is 1. The molecule has 0 aliphatic rings. The van der Waals surface area contributed by atoms with Crippen LogP contribution in [0.25, 0.3) is 0 Å². The van der Waals surface area contributed by atoms with E-state index in [1.165, 1.54) is 0 Å². The van der Waals surface area contributed by atoms with Gasteiger partial charge in [-0.2, -0.15) is 0 Å². The quantitative estimate of drug-likeness (QED) is 0.747. The molecule has 3 heteroatoms. The molecule has 3 nitrogen and oxygen atoms in total. The second kappa shape index (κ2) is 4.37. The zero-order valence-electron chi connectivity index (χ0n) is 8.64. The van der Waals surface area contributed by atoms with E-state index >= 15 is 0 Å². The van der Waals surface area contributed by atoms with E-state index in [0.717, 1.165) is 11.3 Å². The summed E-state index contributed by atoms with van der Waals surface area (Å²) in [5.74, 6) is 3.21. The van der Waals surface area contributed by atoms with E-state index in [2.05, 4.69) is 16.2 Å². The van der Waals surface area contributed by atoms with Crippen molar-refractivity contribution >= 4 is 17.2 Å². The minimum Gasteiger partial charge on any atom is -0.396 e. The molecular formula is C13H11N3. The molecule has 0 aliphatic carbocycles. The fourth-order valence-electron chi connectivity index (χ4n) is 1.35. The largest absolute Gasteiger partial charge is 0.396 e. The van der Waals surface area contributed by atoms with E-state index in [4.69, 9.17) is 12.2 Å². The summed E-state index contributed by atoms with van der Waals surface area (Å²) in [6.45, 7) is 0. The van der Waals surface area contributed by atoms with Crippen molar-refractivity contribution in [3.05, 3.63) is 48.2 Å². The second-order valence-corrected chi connectivity index (χ2v) is 3.29. The zero-order valence-corrected chi connectivity index (χ0v) is 8.64. The third-order valence-corrected chi connectivity index (χ3v) is 2.13. The van der Waals surface area contributed by atoms with Crippen molar-refractivity contribution in [3.63, 3.8) is 0 Å². The molecular weight excluding hydrogens is 198 g/mol. The van der Waals surface area contributed by atoms with Crippen LogP contribution in [0.3, 0.4) is 0 Å². The molecule has 78 valence electrons. The molecule has 1 aromatic carbocycles. The molecule has 0 unspecified atom stereocenters. The van der Waals surface area contributed by atoms with Gasteiger partial charge in [0.05, 0.1) is 5.69 Å². The van der Waals surface area contributed by atoms with Gasteiger partial charge in [0.15, 0.2) is 5.82 Å². The number of anilines is 3. The van der Waals surface area contributed by atoms with Crippen LogP contribution in [0.15, 0.2) is 42.6 Å². The normalized spacial score (nSPS) is 9.44. The summed E-state index contributed by atoms with van der Waals surface area (Å²) >= 11 is 0. The van der Waals surface area contributed by atoms with Crippen molar-refractivity contribution in [2.24, 2.45) is 0 Å². The summed E-state index contributed by atoms with van der Waals surface area (Å²) in [6.07, 6.45) is 7.01. The van der Waals surface area contributed by atoms with Crippen molar-refractivity contribution in [2.75, 3.05) is 11.1 Å². The summed E-state index contributed by atoms with van der Waals surface area (Å²) in [5.41, 5.74) is 8.07. The Balaban J connectivity index is 2.28. The van der Waals surface area contributed by atoms with Crippen molar-refractivity contribution in [3.8, 4) is 12.3 Å². The van der Waals surface area contributed by atoms with E-state index in [0.29, 0.717) is 11.5 Å². The van der Waals surface area contributed by atoms with Crippen LogP contribution in [-0.4, -0.2) is 4.98 Å². The first kappa shape index (κ1) is 10.1. The number of nitrogens with one attached hydrogen (secondary N) is 1. The molecule has 0 spiro atoms. The predicted molar refractivity (Wildman–Crippen MR) is 66.3 cm³/mol. The van der Waals surface area contributed by atoms with Crippen LogP contribution in [0, 0.1) is 12.3 Å². The Hall–Kier alpha value is -2.47. The lowest BCUT2D eigenvalue weighted by molar-refractivity contribution is 1.31. The van der Waals surface area contributed by atoms with Crippen molar-refractivity contribution in [1.29, 1.82) is 0 Å². The average Bonchev–Trinajstić information content (AvgIpc) is 2.32. The van der Waals surface area contributed by atoms with Crippen LogP contribution in [0.5, 0.6) is 0 Å². The number of hydrogen-bond donors (Lipinski definition) is 2. The Morgan fingerprint density at radius 1 is 1.25 bits per heavy atom. The van der Waals surface area contributed by atoms with Gasteiger partial charge < -0.3 is 11.1 Å². The van der Waals surface area contributed by atoms with Crippen LogP contribution < -0.4 is 11.1 Å². The molecule has 0 saturated carbocycles. The minimum absolute atomic E-state index is 0.605. The van der Waals surface area contributed by atoms with Gasteiger partial charge >= 0.3 is 0 Å². The zero-order chi connectivity index (χ0) is 11.4. The lowest BCUT2D eigenvalue weighted by atomic mass is 10.2. The third kappa shape index (κ3) is 2.12. The summed E-state index contributed by atoms with van der Waals surface area (Å²) in [6, 6.07) is 11.1. The Bertz CT molecular complexity index is 541. The first-order chi connectivity index (χ1) is 7.79. The molecule has 1 aromatic heterocycles. The number of hydrogen-bond acceptors (Lipinski definition) is 3. The van der Waals surface area contributed by atoms with E-state index in [1.807, 2.05) is 24.3 Å².